The molecule has 0 aliphatic carbocycles. The van der Waals surface area contributed by atoms with Crippen LogP contribution in [0.3, 0.4) is 0 Å². The van der Waals surface area contributed by atoms with Gasteiger partial charge in [-0.15, -0.1) is 0 Å². The van der Waals surface area contributed by atoms with Crippen molar-refractivity contribution in [3.05, 3.63) is 10.8 Å². The van der Waals surface area contributed by atoms with Crippen molar-refractivity contribution in [2.75, 3.05) is 32.2 Å². The minimum atomic E-state index is 0.470. The van der Waals surface area contributed by atoms with Gasteiger partial charge in [0.2, 0.25) is 5.88 Å². The molecule has 0 radical (unpaired) electrons. The third kappa shape index (κ3) is 3.64. The van der Waals surface area contributed by atoms with Gasteiger partial charge in [0.15, 0.2) is 0 Å². The van der Waals surface area contributed by atoms with Gasteiger partial charge in [-0.2, -0.15) is 0 Å². The molecule has 0 saturated carbocycles. The van der Waals surface area contributed by atoms with Crippen LogP contribution in [0.5, 0.6) is 5.88 Å². The number of aromatic nitrogens is 2. The molecule has 0 aliphatic heterocycles. The van der Waals surface area contributed by atoms with Gasteiger partial charge in [0, 0.05) is 13.7 Å². The van der Waals surface area contributed by atoms with Crippen molar-refractivity contribution in [3.63, 3.8) is 0 Å². The summed E-state index contributed by atoms with van der Waals surface area (Å²) in [6, 6.07) is 0. The van der Waals surface area contributed by atoms with E-state index in [2.05, 4.69) is 31.2 Å². The van der Waals surface area contributed by atoms with E-state index in [4.69, 9.17) is 9.47 Å². The van der Waals surface area contributed by atoms with Gasteiger partial charge in [-0.1, -0.05) is 0 Å². The normalized spacial score (nSPS) is 10.1. The Bertz CT molecular complexity index is 309. The maximum Gasteiger partial charge on any atom is 0.233 e. The molecule has 15 heavy (non-hydrogen) atoms. The number of halogens is 1. The van der Waals surface area contributed by atoms with Crippen LogP contribution < -0.4 is 10.1 Å². The number of anilines is 1. The van der Waals surface area contributed by atoms with E-state index in [1.54, 1.807) is 7.11 Å². The molecule has 0 aliphatic rings. The number of ether oxygens (including phenoxy) is 2. The van der Waals surface area contributed by atoms with Crippen molar-refractivity contribution >= 4 is 21.7 Å². The zero-order valence-corrected chi connectivity index (χ0v) is 10.4. The van der Waals surface area contributed by atoms with E-state index in [0.29, 0.717) is 19.1 Å². The first-order valence-corrected chi connectivity index (χ1v) is 5.45. The van der Waals surface area contributed by atoms with Crippen LogP contribution >= 0.6 is 15.9 Å². The third-order valence-electron chi connectivity index (χ3n) is 1.63. The summed E-state index contributed by atoms with van der Waals surface area (Å²) in [5.74, 6) is 1.26. The summed E-state index contributed by atoms with van der Waals surface area (Å²) >= 11 is 3.38. The maximum atomic E-state index is 5.40. The summed E-state index contributed by atoms with van der Waals surface area (Å²) < 4.78 is 11.0. The van der Waals surface area contributed by atoms with Gasteiger partial charge in [0.05, 0.1) is 6.61 Å². The molecule has 0 unspecified atom stereocenters. The van der Waals surface area contributed by atoms with Crippen LogP contribution in [0.25, 0.3) is 0 Å². The first-order chi connectivity index (χ1) is 7.29. The molecular formula is C9H14BrN3O2. The lowest BCUT2D eigenvalue weighted by Crippen LogP contribution is -2.08. The lowest BCUT2D eigenvalue weighted by atomic mass is 10.5. The fraction of sp³-hybridized carbons (Fsp3) is 0.556. The van der Waals surface area contributed by atoms with Crippen molar-refractivity contribution in [1.82, 2.24) is 9.97 Å². The number of nitrogens with zero attached hydrogens (tertiary/aromatic N) is 2. The number of methoxy groups -OCH3 is 1. The second-order valence-electron chi connectivity index (χ2n) is 2.71. The van der Waals surface area contributed by atoms with E-state index >= 15 is 0 Å². The SMILES string of the molecule is CCNc1ncnc(OCCOC)c1Br. The topological polar surface area (TPSA) is 56.3 Å². The average molecular weight is 276 g/mol. The molecule has 0 fully saturated rings. The summed E-state index contributed by atoms with van der Waals surface area (Å²) in [6.45, 7) is 3.80. The Labute approximate surface area is 97.3 Å². The minimum Gasteiger partial charge on any atom is -0.474 e. The molecule has 0 amide bonds. The van der Waals surface area contributed by atoms with Crippen LogP contribution in [0.1, 0.15) is 6.92 Å². The Morgan fingerprint density at radius 2 is 2.20 bits per heavy atom. The molecule has 84 valence electrons. The lowest BCUT2D eigenvalue weighted by Gasteiger charge is -2.09. The summed E-state index contributed by atoms with van der Waals surface area (Å²) in [4.78, 5) is 8.09. The molecule has 0 bridgehead atoms. The predicted molar refractivity (Wildman–Crippen MR) is 61.3 cm³/mol. The van der Waals surface area contributed by atoms with E-state index in [1.165, 1.54) is 6.33 Å². The number of rotatable bonds is 6. The Morgan fingerprint density at radius 1 is 1.40 bits per heavy atom. The molecule has 0 spiro atoms. The molecule has 0 atom stereocenters. The Hall–Kier alpha value is -0.880. The van der Waals surface area contributed by atoms with Crippen LogP contribution in [0.15, 0.2) is 10.8 Å². The molecule has 1 heterocycles. The lowest BCUT2D eigenvalue weighted by molar-refractivity contribution is 0.143. The molecule has 1 N–H and O–H groups in total. The van der Waals surface area contributed by atoms with Crippen LogP contribution in [-0.4, -0.2) is 36.8 Å². The van der Waals surface area contributed by atoms with Crippen molar-refractivity contribution < 1.29 is 9.47 Å². The Morgan fingerprint density at radius 3 is 2.87 bits per heavy atom. The number of hydrogen-bond donors (Lipinski definition) is 1. The van der Waals surface area contributed by atoms with Crippen LogP contribution in [0, 0.1) is 0 Å². The Balaban J connectivity index is 2.66. The third-order valence-corrected chi connectivity index (χ3v) is 2.34. The highest BCUT2D eigenvalue weighted by Crippen LogP contribution is 2.27. The van der Waals surface area contributed by atoms with E-state index < -0.39 is 0 Å². The van der Waals surface area contributed by atoms with Crippen molar-refractivity contribution in [2.45, 2.75) is 6.92 Å². The first-order valence-electron chi connectivity index (χ1n) is 4.65. The highest BCUT2D eigenvalue weighted by molar-refractivity contribution is 9.10. The molecule has 0 aromatic carbocycles. The highest BCUT2D eigenvalue weighted by Gasteiger charge is 2.08. The van der Waals surface area contributed by atoms with Crippen molar-refractivity contribution in [2.24, 2.45) is 0 Å². The van der Waals surface area contributed by atoms with E-state index in [-0.39, 0.29) is 0 Å². The summed E-state index contributed by atoms with van der Waals surface area (Å²) in [7, 11) is 1.63. The van der Waals surface area contributed by atoms with Gasteiger partial charge in [-0.3, -0.25) is 0 Å². The second kappa shape index (κ2) is 6.58. The largest absolute Gasteiger partial charge is 0.474 e. The van der Waals surface area contributed by atoms with Gasteiger partial charge < -0.3 is 14.8 Å². The molecule has 1 aromatic heterocycles. The Kier molecular flexibility index (Phi) is 5.34. The van der Waals surface area contributed by atoms with Gasteiger partial charge >= 0.3 is 0 Å². The number of hydrogen-bond acceptors (Lipinski definition) is 5. The molecule has 1 aromatic rings. The molecular weight excluding hydrogens is 262 g/mol. The van der Waals surface area contributed by atoms with Crippen molar-refractivity contribution in [3.8, 4) is 5.88 Å². The summed E-state index contributed by atoms with van der Waals surface area (Å²) in [5, 5.41) is 3.10. The minimum absolute atomic E-state index is 0.470. The van der Waals surface area contributed by atoms with Gasteiger partial charge in [-0.05, 0) is 22.9 Å². The average Bonchev–Trinajstić information content (AvgIpc) is 2.24. The molecule has 0 saturated heterocycles. The quantitative estimate of drug-likeness (QED) is 0.801. The van der Waals surface area contributed by atoms with Crippen LogP contribution in [-0.2, 0) is 4.74 Å². The van der Waals surface area contributed by atoms with Crippen molar-refractivity contribution in [1.29, 1.82) is 0 Å². The highest BCUT2D eigenvalue weighted by atomic mass is 79.9. The fourth-order valence-electron chi connectivity index (χ4n) is 0.967. The maximum absolute atomic E-state index is 5.40. The smallest absolute Gasteiger partial charge is 0.233 e. The fourth-order valence-corrected chi connectivity index (χ4v) is 1.43. The summed E-state index contributed by atoms with van der Waals surface area (Å²) in [6.07, 6.45) is 1.46. The van der Waals surface area contributed by atoms with E-state index in [9.17, 15) is 0 Å². The monoisotopic (exact) mass is 275 g/mol. The second-order valence-corrected chi connectivity index (χ2v) is 3.51. The molecule has 5 nitrogen and oxygen atoms in total. The van der Waals surface area contributed by atoms with Crippen LogP contribution in [0.2, 0.25) is 0 Å². The molecule has 1 rings (SSSR count). The van der Waals surface area contributed by atoms with Gasteiger partial charge in [-0.25, -0.2) is 9.97 Å². The predicted octanol–water partition coefficient (Wildman–Crippen LogP) is 1.70. The van der Waals surface area contributed by atoms with Gasteiger partial charge in [0.1, 0.15) is 23.2 Å². The van der Waals surface area contributed by atoms with Gasteiger partial charge in [0.25, 0.3) is 0 Å². The standard InChI is InChI=1S/C9H14BrN3O2/c1-3-11-8-7(10)9(13-6-12-8)15-5-4-14-2/h6H,3-5H2,1-2H3,(H,11,12,13). The zero-order chi connectivity index (χ0) is 11.1. The number of nitrogens with one attached hydrogen (secondary N) is 1. The zero-order valence-electron chi connectivity index (χ0n) is 8.79. The summed E-state index contributed by atoms with van der Waals surface area (Å²) in [5.41, 5.74) is 0. The van der Waals surface area contributed by atoms with Crippen LogP contribution in [0.4, 0.5) is 5.82 Å². The van der Waals surface area contributed by atoms with E-state index in [0.717, 1.165) is 16.8 Å². The molecule has 6 heteroatoms. The first kappa shape index (κ1) is 12.2. The van der Waals surface area contributed by atoms with E-state index in [1.807, 2.05) is 6.92 Å².